The van der Waals surface area contributed by atoms with Gasteiger partial charge in [-0.2, -0.15) is 0 Å². The number of hydrogen-bond donors (Lipinski definition) is 1. The van der Waals surface area contributed by atoms with Crippen LogP contribution in [-0.4, -0.2) is 56.3 Å². The number of fused-ring (bicyclic) bond motifs is 1. The SMILES string of the molecule is CC(C)(C)OC(=O)N1CC(Nc2cccc(-c3cnc4ccc(C(F)F)cn34)n2)[C@@H](F)C1. The number of likely N-dealkylation sites (tertiary alicyclic amines) is 1. The third kappa shape index (κ3) is 4.63. The number of carbonyl (C=O) groups excluding carboxylic acids is 1. The molecule has 10 heteroatoms. The minimum Gasteiger partial charge on any atom is -0.444 e. The number of anilines is 1. The normalized spacial score (nSPS) is 19.0. The van der Waals surface area contributed by atoms with Crippen LogP contribution in [0.15, 0.2) is 42.7 Å². The molecule has 1 N–H and O–H groups in total. The Labute approximate surface area is 183 Å². The molecule has 1 amide bonds. The molecule has 170 valence electrons. The second-order valence-electron chi connectivity index (χ2n) is 8.69. The number of nitrogens with one attached hydrogen (secondary N) is 1. The standard InChI is InChI=1S/C22H24F3N5O2/c1-22(2,3)32-21(31)29-11-14(23)16(12-29)28-18-6-4-5-15(27-18)17-9-26-19-8-7-13(20(24)25)10-30(17)19/h4-10,14,16,20H,11-12H2,1-3H3,(H,27,28)/t14-,16?/m0/s1. The van der Waals surface area contributed by atoms with E-state index >= 15 is 0 Å². The number of alkyl halides is 3. The number of halogens is 3. The first-order valence-electron chi connectivity index (χ1n) is 10.2. The monoisotopic (exact) mass is 447 g/mol. The van der Waals surface area contributed by atoms with Crippen LogP contribution in [0.1, 0.15) is 32.8 Å². The molecule has 4 heterocycles. The zero-order chi connectivity index (χ0) is 23.0. The highest BCUT2D eigenvalue weighted by Gasteiger charge is 2.37. The highest BCUT2D eigenvalue weighted by molar-refractivity contribution is 5.69. The molecular weight excluding hydrogens is 423 g/mol. The van der Waals surface area contributed by atoms with Crippen molar-refractivity contribution in [3.63, 3.8) is 0 Å². The molecular formula is C22H24F3N5O2. The largest absolute Gasteiger partial charge is 0.444 e. The zero-order valence-electron chi connectivity index (χ0n) is 17.9. The summed E-state index contributed by atoms with van der Waals surface area (Å²) >= 11 is 0. The molecule has 0 spiro atoms. The van der Waals surface area contributed by atoms with Gasteiger partial charge in [0.1, 0.15) is 23.2 Å². The molecule has 3 aromatic heterocycles. The van der Waals surface area contributed by atoms with Gasteiger partial charge in [0.05, 0.1) is 30.2 Å². The fourth-order valence-corrected chi connectivity index (χ4v) is 3.54. The molecule has 1 unspecified atom stereocenters. The quantitative estimate of drug-likeness (QED) is 0.628. The summed E-state index contributed by atoms with van der Waals surface area (Å²) < 4.78 is 47.7. The maximum Gasteiger partial charge on any atom is 0.410 e. The lowest BCUT2D eigenvalue weighted by Crippen LogP contribution is -2.36. The van der Waals surface area contributed by atoms with Crippen molar-refractivity contribution >= 4 is 17.6 Å². The van der Waals surface area contributed by atoms with Crippen LogP contribution in [0.2, 0.25) is 0 Å². The fourth-order valence-electron chi connectivity index (χ4n) is 3.54. The maximum absolute atomic E-state index is 14.6. The summed E-state index contributed by atoms with van der Waals surface area (Å²) in [5, 5.41) is 3.03. The van der Waals surface area contributed by atoms with Crippen molar-refractivity contribution in [2.75, 3.05) is 18.4 Å². The van der Waals surface area contributed by atoms with E-state index in [1.54, 1.807) is 49.6 Å². The average Bonchev–Trinajstić information content (AvgIpc) is 3.30. The third-order valence-electron chi connectivity index (χ3n) is 5.03. The molecule has 32 heavy (non-hydrogen) atoms. The molecule has 0 aromatic carbocycles. The van der Waals surface area contributed by atoms with E-state index in [1.165, 1.54) is 23.2 Å². The number of nitrogens with zero attached hydrogens (tertiary/aromatic N) is 4. The molecule has 1 saturated heterocycles. The van der Waals surface area contributed by atoms with Gasteiger partial charge in [-0.1, -0.05) is 6.07 Å². The number of hydrogen-bond acceptors (Lipinski definition) is 5. The van der Waals surface area contributed by atoms with E-state index < -0.39 is 30.3 Å². The molecule has 0 radical (unpaired) electrons. The van der Waals surface area contributed by atoms with E-state index in [0.717, 1.165) is 0 Å². The lowest BCUT2D eigenvalue weighted by atomic mass is 10.2. The summed E-state index contributed by atoms with van der Waals surface area (Å²) in [6.45, 7) is 5.32. The summed E-state index contributed by atoms with van der Waals surface area (Å²) in [7, 11) is 0. The molecule has 7 nitrogen and oxygen atoms in total. The van der Waals surface area contributed by atoms with Gasteiger partial charge >= 0.3 is 6.09 Å². The lowest BCUT2D eigenvalue weighted by Gasteiger charge is -2.24. The van der Waals surface area contributed by atoms with Gasteiger partial charge in [0, 0.05) is 18.3 Å². The Hall–Kier alpha value is -3.30. The first-order valence-corrected chi connectivity index (χ1v) is 10.2. The molecule has 1 aliphatic rings. The second-order valence-corrected chi connectivity index (χ2v) is 8.69. The fraction of sp³-hybridized carbons (Fsp3) is 0.409. The predicted molar refractivity (Wildman–Crippen MR) is 113 cm³/mol. The summed E-state index contributed by atoms with van der Waals surface area (Å²) in [5.41, 5.74) is 0.746. The van der Waals surface area contributed by atoms with E-state index in [0.29, 0.717) is 22.9 Å². The first kappa shape index (κ1) is 21.9. The number of amides is 1. The average molecular weight is 447 g/mol. The molecule has 2 atom stereocenters. The number of pyridine rings is 2. The van der Waals surface area contributed by atoms with Crippen LogP contribution >= 0.6 is 0 Å². The van der Waals surface area contributed by atoms with Crippen LogP contribution in [0.3, 0.4) is 0 Å². The van der Waals surface area contributed by atoms with Crippen molar-refractivity contribution in [3.8, 4) is 11.4 Å². The maximum atomic E-state index is 14.6. The molecule has 0 aliphatic carbocycles. The Morgan fingerprint density at radius 3 is 2.72 bits per heavy atom. The molecule has 1 aliphatic heterocycles. The van der Waals surface area contributed by atoms with E-state index in [-0.39, 0.29) is 18.7 Å². The van der Waals surface area contributed by atoms with Crippen LogP contribution < -0.4 is 5.32 Å². The Balaban J connectivity index is 1.52. The topological polar surface area (TPSA) is 71.8 Å². The van der Waals surface area contributed by atoms with Gasteiger partial charge in [0.15, 0.2) is 0 Å². The Kier molecular flexibility index (Phi) is 5.70. The van der Waals surface area contributed by atoms with E-state index in [1.807, 2.05) is 0 Å². The lowest BCUT2D eigenvalue weighted by molar-refractivity contribution is 0.0283. The number of carbonyl (C=O) groups is 1. The Morgan fingerprint density at radius 2 is 2.00 bits per heavy atom. The highest BCUT2D eigenvalue weighted by atomic mass is 19.3. The number of ether oxygens (including phenoxy) is 1. The van der Waals surface area contributed by atoms with Crippen LogP contribution in [0, 0.1) is 0 Å². The van der Waals surface area contributed by atoms with Gasteiger partial charge in [-0.25, -0.2) is 27.9 Å². The van der Waals surface area contributed by atoms with Gasteiger partial charge in [-0.05, 0) is 45.0 Å². The van der Waals surface area contributed by atoms with E-state index in [2.05, 4.69) is 15.3 Å². The van der Waals surface area contributed by atoms with Crippen molar-refractivity contribution in [3.05, 3.63) is 48.3 Å². The van der Waals surface area contributed by atoms with Crippen molar-refractivity contribution in [2.45, 2.75) is 45.0 Å². The van der Waals surface area contributed by atoms with Gasteiger partial charge < -0.3 is 15.0 Å². The Morgan fingerprint density at radius 1 is 1.22 bits per heavy atom. The van der Waals surface area contributed by atoms with E-state index in [9.17, 15) is 18.0 Å². The number of aromatic nitrogens is 3. The number of rotatable bonds is 4. The summed E-state index contributed by atoms with van der Waals surface area (Å²) in [6, 6.07) is 7.33. The van der Waals surface area contributed by atoms with Crippen LogP contribution in [0.4, 0.5) is 23.8 Å². The van der Waals surface area contributed by atoms with Crippen molar-refractivity contribution in [2.24, 2.45) is 0 Å². The van der Waals surface area contributed by atoms with Crippen molar-refractivity contribution in [1.29, 1.82) is 0 Å². The van der Waals surface area contributed by atoms with Crippen molar-refractivity contribution < 1.29 is 22.7 Å². The van der Waals surface area contributed by atoms with Crippen LogP contribution in [0.25, 0.3) is 17.0 Å². The minimum absolute atomic E-state index is 0.0735. The van der Waals surface area contributed by atoms with Crippen LogP contribution in [-0.2, 0) is 4.74 Å². The van der Waals surface area contributed by atoms with Crippen LogP contribution in [0.5, 0.6) is 0 Å². The van der Waals surface area contributed by atoms with Gasteiger partial charge in [0.2, 0.25) is 0 Å². The molecule has 3 aromatic rings. The second kappa shape index (κ2) is 8.33. The molecule has 0 saturated carbocycles. The Bertz CT molecular complexity index is 1130. The third-order valence-corrected chi connectivity index (χ3v) is 5.03. The molecule has 1 fully saturated rings. The first-order chi connectivity index (χ1) is 15.1. The highest BCUT2D eigenvalue weighted by Crippen LogP contribution is 2.26. The van der Waals surface area contributed by atoms with Gasteiger partial charge in [0.25, 0.3) is 6.43 Å². The minimum atomic E-state index is -2.60. The molecule has 0 bridgehead atoms. The van der Waals surface area contributed by atoms with Gasteiger partial charge in [-0.3, -0.25) is 4.40 Å². The molecule has 4 rings (SSSR count). The predicted octanol–water partition coefficient (Wildman–Crippen LogP) is 4.70. The van der Waals surface area contributed by atoms with Crippen molar-refractivity contribution in [1.82, 2.24) is 19.3 Å². The van der Waals surface area contributed by atoms with Gasteiger partial charge in [-0.15, -0.1) is 0 Å². The zero-order valence-corrected chi connectivity index (χ0v) is 17.9. The summed E-state index contributed by atoms with van der Waals surface area (Å²) in [5.74, 6) is 0.404. The summed E-state index contributed by atoms with van der Waals surface area (Å²) in [6.07, 6.45) is -1.58. The summed E-state index contributed by atoms with van der Waals surface area (Å²) in [4.78, 5) is 22.3. The smallest absolute Gasteiger partial charge is 0.410 e. The van der Waals surface area contributed by atoms with E-state index in [4.69, 9.17) is 4.74 Å². The number of imidazole rings is 1.